The van der Waals surface area contributed by atoms with E-state index in [2.05, 4.69) is 11.8 Å². The molecule has 0 atom stereocenters. The Hall–Kier alpha value is -1.31. The standard InChI is InChI=1S/C13H15NO2S/c1-9-8-12(17-11(9)4-3-7-15)13(16)14(2)10-5-6-10/h8,10,15H,5-7H2,1-2H3. The van der Waals surface area contributed by atoms with E-state index in [1.54, 1.807) is 0 Å². The zero-order valence-electron chi connectivity index (χ0n) is 9.99. The van der Waals surface area contributed by atoms with Gasteiger partial charge in [-0.15, -0.1) is 11.3 Å². The summed E-state index contributed by atoms with van der Waals surface area (Å²) in [6.07, 6.45) is 2.23. The summed E-state index contributed by atoms with van der Waals surface area (Å²) in [5.41, 5.74) is 1.00. The summed E-state index contributed by atoms with van der Waals surface area (Å²) in [6.45, 7) is 1.79. The molecule has 1 aliphatic rings. The normalized spacial score (nSPS) is 14.1. The van der Waals surface area contributed by atoms with Crippen LogP contribution in [-0.2, 0) is 0 Å². The summed E-state index contributed by atoms with van der Waals surface area (Å²) < 4.78 is 0. The summed E-state index contributed by atoms with van der Waals surface area (Å²) in [5.74, 6) is 5.56. The molecule has 1 fully saturated rings. The molecular formula is C13H15NO2S. The van der Waals surface area contributed by atoms with E-state index >= 15 is 0 Å². The van der Waals surface area contributed by atoms with Gasteiger partial charge < -0.3 is 10.0 Å². The zero-order chi connectivity index (χ0) is 12.4. The van der Waals surface area contributed by atoms with Gasteiger partial charge in [-0.1, -0.05) is 11.8 Å². The van der Waals surface area contributed by atoms with E-state index in [1.165, 1.54) is 11.3 Å². The van der Waals surface area contributed by atoms with Gasteiger partial charge in [0.15, 0.2) is 0 Å². The van der Waals surface area contributed by atoms with Gasteiger partial charge in [0.25, 0.3) is 5.91 Å². The molecule has 1 aliphatic carbocycles. The lowest BCUT2D eigenvalue weighted by Crippen LogP contribution is -2.27. The highest BCUT2D eigenvalue weighted by Crippen LogP contribution is 2.29. The highest BCUT2D eigenvalue weighted by molar-refractivity contribution is 7.14. The number of aryl methyl sites for hydroxylation is 1. The van der Waals surface area contributed by atoms with Gasteiger partial charge in [0.1, 0.15) is 6.61 Å². The molecule has 0 saturated heterocycles. The maximum Gasteiger partial charge on any atom is 0.263 e. The fourth-order valence-corrected chi connectivity index (χ4v) is 2.66. The number of nitrogens with zero attached hydrogens (tertiary/aromatic N) is 1. The van der Waals surface area contributed by atoms with Crippen molar-refractivity contribution >= 4 is 17.2 Å². The average molecular weight is 249 g/mol. The van der Waals surface area contributed by atoms with Crippen LogP contribution in [0.1, 0.15) is 33.0 Å². The van der Waals surface area contributed by atoms with Crippen LogP contribution in [0.3, 0.4) is 0 Å². The number of hydrogen-bond acceptors (Lipinski definition) is 3. The number of carbonyl (C=O) groups is 1. The number of rotatable bonds is 2. The Balaban J connectivity index is 2.18. The molecule has 0 aliphatic heterocycles. The van der Waals surface area contributed by atoms with E-state index in [-0.39, 0.29) is 12.5 Å². The first-order valence-electron chi connectivity index (χ1n) is 5.61. The van der Waals surface area contributed by atoms with Crippen LogP contribution >= 0.6 is 11.3 Å². The summed E-state index contributed by atoms with van der Waals surface area (Å²) >= 11 is 1.41. The van der Waals surface area contributed by atoms with Crippen LogP contribution in [0.2, 0.25) is 0 Å². The molecule has 1 heterocycles. The number of amides is 1. The molecule has 90 valence electrons. The van der Waals surface area contributed by atoms with Gasteiger partial charge in [0.05, 0.1) is 9.75 Å². The Labute approximate surface area is 105 Å². The molecule has 4 heteroatoms. The van der Waals surface area contributed by atoms with Gasteiger partial charge in [0.2, 0.25) is 0 Å². The van der Waals surface area contributed by atoms with E-state index in [4.69, 9.17) is 5.11 Å². The minimum atomic E-state index is -0.150. The Morgan fingerprint density at radius 3 is 2.94 bits per heavy atom. The van der Waals surface area contributed by atoms with Crippen LogP contribution in [0.25, 0.3) is 0 Å². The molecule has 1 aromatic rings. The third-order valence-electron chi connectivity index (χ3n) is 2.82. The van der Waals surface area contributed by atoms with Gasteiger partial charge in [-0.25, -0.2) is 0 Å². The number of hydrogen-bond donors (Lipinski definition) is 1. The van der Waals surface area contributed by atoms with Crippen molar-refractivity contribution in [3.63, 3.8) is 0 Å². The number of carbonyl (C=O) groups excluding carboxylic acids is 1. The molecule has 3 nitrogen and oxygen atoms in total. The van der Waals surface area contributed by atoms with Gasteiger partial charge in [0, 0.05) is 13.1 Å². The first-order valence-corrected chi connectivity index (χ1v) is 6.42. The SMILES string of the molecule is Cc1cc(C(=O)N(C)C2CC2)sc1C#CCO. The zero-order valence-corrected chi connectivity index (χ0v) is 10.8. The number of thiophene rings is 1. The average Bonchev–Trinajstić information content (AvgIpc) is 3.09. The quantitative estimate of drug-likeness (QED) is 0.809. The smallest absolute Gasteiger partial charge is 0.263 e. The molecule has 1 aromatic heterocycles. The lowest BCUT2D eigenvalue weighted by atomic mass is 10.2. The van der Waals surface area contributed by atoms with Crippen molar-refractivity contribution in [2.45, 2.75) is 25.8 Å². The molecule has 1 saturated carbocycles. The summed E-state index contributed by atoms with van der Waals surface area (Å²) in [6, 6.07) is 2.31. The maximum atomic E-state index is 12.1. The number of aliphatic hydroxyl groups excluding tert-OH is 1. The topological polar surface area (TPSA) is 40.5 Å². The number of aliphatic hydroxyl groups is 1. The van der Waals surface area contributed by atoms with E-state index in [1.807, 2.05) is 24.9 Å². The Morgan fingerprint density at radius 1 is 1.65 bits per heavy atom. The minimum Gasteiger partial charge on any atom is -0.384 e. The minimum absolute atomic E-state index is 0.0812. The molecule has 1 amide bonds. The molecule has 0 aromatic carbocycles. The molecule has 0 radical (unpaired) electrons. The van der Waals surface area contributed by atoms with Crippen molar-refractivity contribution in [3.05, 3.63) is 21.4 Å². The van der Waals surface area contributed by atoms with E-state index in [0.29, 0.717) is 6.04 Å². The monoisotopic (exact) mass is 249 g/mol. The van der Waals surface area contributed by atoms with Gasteiger partial charge in [-0.05, 0) is 31.4 Å². The lowest BCUT2D eigenvalue weighted by Gasteiger charge is -2.14. The van der Waals surface area contributed by atoms with Crippen LogP contribution in [0.4, 0.5) is 0 Å². The Bertz CT molecular complexity index is 491. The van der Waals surface area contributed by atoms with Crippen LogP contribution in [0, 0.1) is 18.8 Å². The van der Waals surface area contributed by atoms with Gasteiger partial charge in [-0.3, -0.25) is 4.79 Å². The van der Waals surface area contributed by atoms with Gasteiger partial charge >= 0.3 is 0 Å². The van der Waals surface area contributed by atoms with E-state index in [9.17, 15) is 4.79 Å². The van der Waals surface area contributed by atoms with Crippen molar-refractivity contribution in [3.8, 4) is 11.8 Å². The molecular weight excluding hydrogens is 234 g/mol. The highest BCUT2D eigenvalue weighted by atomic mass is 32.1. The fourth-order valence-electron chi connectivity index (χ4n) is 1.63. The van der Waals surface area contributed by atoms with Gasteiger partial charge in [-0.2, -0.15) is 0 Å². The predicted molar refractivity (Wildman–Crippen MR) is 68.1 cm³/mol. The second kappa shape index (κ2) is 4.91. The van der Waals surface area contributed by atoms with Crippen molar-refractivity contribution in [1.82, 2.24) is 4.90 Å². The Kier molecular flexibility index (Phi) is 3.51. The molecule has 17 heavy (non-hydrogen) atoms. The van der Waals surface area contributed by atoms with Crippen LogP contribution in [-0.4, -0.2) is 35.6 Å². The first-order chi connectivity index (χ1) is 8.13. The predicted octanol–water partition coefficient (Wildman–Crippen LogP) is 1.63. The molecule has 0 bridgehead atoms. The van der Waals surface area contributed by atoms with Crippen molar-refractivity contribution in [2.24, 2.45) is 0 Å². The van der Waals surface area contributed by atoms with Crippen LogP contribution in [0.5, 0.6) is 0 Å². The molecule has 0 unspecified atom stereocenters. The summed E-state index contributed by atoms with van der Waals surface area (Å²) in [7, 11) is 1.86. The maximum absolute atomic E-state index is 12.1. The van der Waals surface area contributed by atoms with E-state index < -0.39 is 0 Å². The third kappa shape index (κ3) is 2.68. The summed E-state index contributed by atoms with van der Waals surface area (Å²) in [4.78, 5) is 15.5. The first kappa shape index (κ1) is 12.2. The fraction of sp³-hybridized carbons (Fsp3) is 0.462. The van der Waals surface area contributed by atoms with Crippen molar-refractivity contribution in [2.75, 3.05) is 13.7 Å². The van der Waals surface area contributed by atoms with Crippen LogP contribution < -0.4 is 0 Å². The van der Waals surface area contributed by atoms with Crippen molar-refractivity contribution < 1.29 is 9.90 Å². The third-order valence-corrected chi connectivity index (χ3v) is 3.97. The second-order valence-electron chi connectivity index (χ2n) is 4.23. The molecule has 2 rings (SSSR count). The summed E-state index contributed by atoms with van der Waals surface area (Å²) in [5, 5.41) is 8.66. The molecule has 1 N–H and O–H groups in total. The largest absolute Gasteiger partial charge is 0.384 e. The van der Waals surface area contributed by atoms with Crippen molar-refractivity contribution in [1.29, 1.82) is 0 Å². The van der Waals surface area contributed by atoms with E-state index in [0.717, 1.165) is 28.2 Å². The highest BCUT2D eigenvalue weighted by Gasteiger charge is 2.30. The second-order valence-corrected chi connectivity index (χ2v) is 5.28. The Morgan fingerprint density at radius 2 is 2.35 bits per heavy atom. The van der Waals surface area contributed by atoms with Crippen LogP contribution in [0.15, 0.2) is 6.07 Å². The molecule has 0 spiro atoms. The lowest BCUT2D eigenvalue weighted by molar-refractivity contribution is 0.0790.